The number of imidazole rings is 1. The van der Waals surface area contributed by atoms with Crippen molar-refractivity contribution in [1.29, 1.82) is 0 Å². The second-order valence-corrected chi connectivity index (χ2v) is 5.07. The molecular weight excluding hydrogens is 252 g/mol. The minimum absolute atomic E-state index is 0.0497. The van der Waals surface area contributed by atoms with Gasteiger partial charge in [-0.25, -0.2) is 4.98 Å². The van der Waals surface area contributed by atoms with Crippen LogP contribution in [0.2, 0.25) is 5.02 Å². The fraction of sp³-hybridized carbons (Fsp3) is 0.385. The highest BCUT2D eigenvalue weighted by Crippen LogP contribution is 2.47. The van der Waals surface area contributed by atoms with Crippen LogP contribution in [0, 0.1) is 5.92 Å². The average Bonchev–Trinajstić information content (AvgIpc) is 3.04. The Hall–Kier alpha value is -1.55. The van der Waals surface area contributed by atoms with Crippen LogP contribution in [0.15, 0.2) is 18.2 Å². The number of hydrogen-bond acceptors (Lipinski definition) is 2. The molecule has 1 saturated carbocycles. The third-order valence-electron chi connectivity index (χ3n) is 3.50. The van der Waals surface area contributed by atoms with Gasteiger partial charge in [-0.3, -0.25) is 4.79 Å². The average molecular weight is 265 g/mol. The molecule has 3 rings (SSSR count). The summed E-state index contributed by atoms with van der Waals surface area (Å²) in [6.07, 6.45) is 0.687. The third-order valence-corrected chi connectivity index (χ3v) is 3.73. The molecule has 0 spiro atoms. The Labute approximate surface area is 109 Å². The van der Waals surface area contributed by atoms with Gasteiger partial charge in [0.05, 0.1) is 17.0 Å². The molecule has 5 heteroatoms. The first-order valence-corrected chi connectivity index (χ1v) is 6.38. The normalized spacial score (nSPS) is 22.3. The van der Waals surface area contributed by atoms with Crippen molar-refractivity contribution >= 4 is 28.6 Å². The molecule has 4 nitrogen and oxygen atoms in total. The smallest absolute Gasteiger partial charge is 0.307 e. The fourth-order valence-electron chi connectivity index (χ4n) is 2.49. The molecule has 1 aromatic heterocycles. The van der Waals surface area contributed by atoms with Crippen molar-refractivity contribution in [2.24, 2.45) is 5.92 Å². The van der Waals surface area contributed by atoms with E-state index in [0.29, 0.717) is 11.4 Å². The van der Waals surface area contributed by atoms with Gasteiger partial charge >= 0.3 is 5.97 Å². The Morgan fingerprint density at radius 3 is 3.00 bits per heavy atom. The topological polar surface area (TPSA) is 55.1 Å². The fourth-order valence-corrected chi connectivity index (χ4v) is 2.66. The molecule has 0 bridgehead atoms. The van der Waals surface area contributed by atoms with Crippen molar-refractivity contribution in [3.05, 3.63) is 29.0 Å². The maximum absolute atomic E-state index is 11.0. The molecule has 0 amide bonds. The van der Waals surface area contributed by atoms with E-state index in [1.807, 2.05) is 25.1 Å². The molecule has 94 valence electrons. The highest BCUT2D eigenvalue weighted by Gasteiger charge is 2.47. The van der Waals surface area contributed by atoms with Crippen molar-refractivity contribution in [3.63, 3.8) is 0 Å². The lowest BCUT2D eigenvalue weighted by molar-refractivity contribution is -0.138. The Balaban J connectivity index is 2.09. The number of aromatic nitrogens is 2. The summed E-state index contributed by atoms with van der Waals surface area (Å²) in [7, 11) is 0. The zero-order valence-corrected chi connectivity index (χ0v) is 10.7. The van der Waals surface area contributed by atoms with Crippen LogP contribution in [0.4, 0.5) is 0 Å². The summed E-state index contributed by atoms with van der Waals surface area (Å²) < 4.78 is 2.08. The quantitative estimate of drug-likeness (QED) is 0.927. The van der Waals surface area contributed by atoms with E-state index in [-0.39, 0.29) is 11.8 Å². The zero-order valence-electron chi connectivity index (χ0n) is 9.93. The van der Waals surface area contributed by atoms with Gasteiger partial charge in [-0.05, 0) is 31.5 Å². The summed E-state index contributed by atoms with van der Waals surface area (Å²) >= 11 is 5.95. The first-order chi connectivity index (χ1) is 8.61. The van der Waals surface area contributed by atoms with Crippen LogP contribution in [-0.4, -0.2) is 20.6 Å². The number of nitrogens with zero attached hydrogens (tertiary/aromatic N) is 2. The minimum atomic E-state index is -0.729. The predicted octanol–water partition coefficient (Wildman–Crippen LogP) is 2.90. The predicted molar refractivity (Wildman–Crippen MR) is 68.9 cm³/mol. The first-order valence-electron chi connectivity index (χ1n) is 6.00. The van der Waals surface area contributed by atoms with E-state index in [1.165, 1.54) is 0 Å². The van der Waals surface area contributed by atoms with Gasteiger partial charge in [0.15, 0.2) is 0 Å². The van der Waals surface area contributed by atoms with Crippen molar-refractivity contribution in [2.45, 2.75) is 25.8 Å². The van der Waals surface area contributed by atoms with E-state index in [0.717, 1.165) is 23.4 Å². The van der Waals surface area contributed by atoms with E-state index in [1.54, 1.807) is 0 Å². The molecule has 1 aliphatic rings. The lowest BCUT2D eigenvalue weighted by Crippen LogP contribution is -2.04. The molecule has 0 aliphatic heterocycles. The largest absolute Gasteiger partial charge is 0.481 e. The molecular formula is C13H13ClN2O2. The summed E-state index contributed by atoms with van der Waals surface area (Å²) in [5, 5.41) is 9.66. The summed E-state index contributed by atoms with van der Waals surface area (Å²) in [4.78, 5) is 15.5. The molecule has 1 heterocycles. The SMILES string of the molecule is CCn1c(C2CC2C(=O)O)nc2cc(Cl)ccc21. The van der Waals surface area contributed by atoms with Crippen LogP contribution in [-0.2, 0) is 11.3 Å². The highest BCUT2D eigenvalue weighted by molar-refractivity contribution is 6.31. The Morgan fingerprint density at radius 1 is 1.61 bits per heavy atom. The van der Waals surface area contributed by atoms with Gasteiger partial charge in [-0.15, -0.1) is 0 Å². The first kappa shape index (κ1) is 11.5. The van der Waals surface area contributed by atoms with Crippen LogP contribution < -0.4 is 0 Å². The van der Waals surface area contributed by atoms with E-state index in [9.17, 15) is 4.79 Å². The van der Waals surface area contributed by atoms with E-state index in [4.69, 9.17) is 16.7 Å². The molecule has 2 unspecified atom stereocenters. The van der Waals surface area contributed by atoms with E-state index >= 15 is 0 Å². The summed E-state index contributed by atoms with van der Waals surface area (Å²) in [5.74, 6) is -0.0777. The van der Waals surface area contributed by atoms with Crippen molar-refractivity contribution in [3.8, 4) is 0 Å². The monoisotopic (exact) mass is 264 g/mol. The van der Waals surface area contributed by atoms with Gasteiger partial charge in [0.2, 0.25) is 0 Å². The van der Waals surface area contributed by atoms with Crippen LogP contribution >= 0.6 is 11.6 Å². The zero-order chi connectivity index (χ0) is 12.9. The number of carboxylic acid groups (broad SMARTS) is 1. The second kappa shape index (κ2) is 3.99. The summed E-state index contributed by atoms with van der Waals surface area (Å²) in [5.41, 5.74) is 1.86. The number of benzene rings is 1. The maximum Gasteiger partial charge on any atom is 0.307 e. The Bertz CT molecular complexity index is 635. The van der Waals surface area contributed by atoms with Crippen LogP contribution in [0.1, 0.15) is 25.1 Å². The maximum atomic E-state index is 11.0. The van der Waals surface area contributed by atoms with Gasteiger partial charge in [0.25, 0.3) is 0 Å². The van der Waals surface area contributed by atoms with Crippen LogP contribution in [0.3, 0.4) is 0 Å². The molecule has 0 saturated heterocycles. The van der Waals surface area contributed by atoms with Crippen LogP contribution in [0.25, 0.3) is 11.0 Å². The molecule has 2 aromatic rings. The number of fused-ring (bicyclic) bond motifs is 1. The second-order valence-electron chi connectivity index (χ2n) is 4.63. The number of carbonyl (C=O) groups is 1. The molecule has 18 heavy (non-hydrogen) atoms. The number of halogens is 1. The van der Waals surface area contributed by atoms with Gasteiger partial charge in [-0.1, -0.05) is 11.6 Å². The molecule has 1 aromatic carbocycles. The molecule has 1 aliphatic carbocycles. The standard InChI is InChI=1S/C13H13ClN2O2/c1-2-16-11-4-3-7(14)5-10(11)15-12(16)8-6-9(8)13(17)18/h3-5,8-9H,2,6H2,1H3,(H,17,18). The lowest BCUT2D eigenvalue weighted by atomic mass is 10.3. The van der Waals surface area contributed by atoms with Crippen molar-refractivity contribution in [1.82, 2.24) is 9.55 Å². The van der Waals surface area contributed by atoms with Crippen molar-refractivity contribution < 1.29 is 9.90 Å². The minimum Gasteiger partial charge on any atom is -0.481 e. The number of aliphatic carboxylic acids is 1. The number of carboxylic acids is 1. The Kier molecular flexibility index (Phi) is 2.55. The van der Waals surface area contributed by atoms with Gasteiger partial charge < -0.3 is 9.67 Å². The van der Waals surface area contributed by atoms with Gasteiger partial charge in [0.1, 0.15) is 5.82 Å². The number of hydrogen-bond donors (Lipinski definition) is 1. The van der Waals surface area contributed by atoms with E-state index < -0.39 is 5.97 Å². The van der Waals surface area contributed by atoms with Crippen molar-refractivity contribution in [2.75, 3.05) is 0 Å². The highest BCUT2D eigenvalue weighted by atomic mass is 35.5. The molecule has 2 atom stereocenters. The molecule has 1 N–H and O–H groups in total. The lowest BCUT2D eigenvalue weighted by Gasteiger charge is -2.04. The van der Waals surface area contributed by atoms with Crippen LogP contribution in [0.5, 0.6) is 0 Å². The number of aryl methyl sites for hydroxylation is 1. The summed E-state index contributed by atoms with van der Waals surface area (Å²) in [6, 6.07) is 5.60. The summed E-state index contributed by atoms with van der Waals surface area (Å²) in [6.45, 7) is 2.83. The third kappa shape index (κ3) is 1.68. The molecule has 0 radical (unpaired) electrons. The Morgan fingerprint density at radius 2 is 2.39 bits per heavy atom. The number of rotatable bonds is 3. The molecule has 1 fully saturated rings. The van der Waals surface area contributed by atoms with E-state index in [2.05, 4.69) is 9.55 Å². The van der Waals surface area contributed by atoms with Gasteiger partial charge in [0, 0.05) is 17.5 Å². The van der Waals surface area contributed by atoms with Gasteiger partial charge in [-0.2, -0.15) is 0 Å².